The first-order valence-electron chi connectivity index (χ1n) is 2.03. The lowest BCUT2D eigenvalue weighted by molar-refractivity contribution is 0.272. The molecule has 3 heteroatoms. The number of nitrogens with zero attached hydrogens (tertiary/aromatic N) is 1. The second-order valence-electron chi connectivity index (χ2n) is 1.02. The van der Waals surface area contributed by atoms with E-state index in [1.54, 1.807) is 6.26 Å². The maximum Gasteiger partial charge on any atom is 0.286 e. The van der Waals surface area contributed by atoms with Gasteiger partial charge in [-0.1, -0.05) is 0 Å². The van der Waals surface area contributed by atoms with Gasteiger partial charge in [-0.2, -0.15) is 17.9 Å². The van der Waals surface area contributed by atoms with Gasteiger partial charge in [0, 0.05) is 0 Å². The average Bonchev–Trinajstić information content (AvgIpc) is 1.69. The molecule has 0 N–H and O–H groups in total. The third-order valence-corrected chi connectivity index (χ3v) is 0.785. The normalized spacial score (nSPS) is 7.43. The van der Waals surface area contributed by atoms with E-state index in [0.717, 1.165) is 12.2 Å². The van der Waals surface area contributed by atoms with Crippen LogP contribution in [0, 0.1) is 11.5 Å². The fourth-order valence-corrected chi connectivity index (χ4v) is 0.311. The van der Waals surface area contributed by atoms with Crippen LogP contribution in [0.3, 0.4) is 0 Å². The Morgan fingerprint density at radius 2 is 2.43 bits per heavy atom. The van der Waals surface area contributed by atoms with Gasteiger partial charge in [0.2, 0.25) is 0 Å². The Labute approximate surface area is 48.5 Å². The van der Waals surface area contributed by atoms with Crippen LogP contribution >= 0.6 is 12.6 Å². The summed E-state index contributed by atoms with van der Waals surface area (Å²) in [7, 11) is 0. The maximum absolute atomic E-state index is 7.80. The molecule has 0 rings (SSSR count). The van der Waals surface area contributed by atoms with Crippen molar-refractivity contribution in [3.05, 3.63) is 0 Å². The molecule has 0 aliphatic carbocycles. The summed E-state index contributed by atoms with van der Waals surface area (Å²) in [5.41, 5.74) is 0. The summed E-state index contributed by atoms with van der Waals surface area (Å²) in [5.74, 6) is 0.779. The molecule has 0 saturated carbocycles. The summed E-state index contributed by atoms with van der Waals surface area (Å²) in [6.07, 6.45) is 2.41. The molecule has 0 radical (unpaired) electrons. The third-order valence-electron chi connectivity index (χ3n) is 0.469. The standard InChI is InChI=1S/C4H7NOS/c5-4-6-2-1-3-7/h7H,1-3H2. The molecule has 0 aromatic heterocycles. The molecule has 0 aromatic carbocycles. The first-order valence-corrected chi connectivity index (χ1v) is 2.67. The maximum atomic E-state index is 7.80. The van der Waals surface area contributed by atoms with Crippen LogP contribution in [0.4, 0.5) is 0 Å². The van der Waals surface area contributed by atoms with Gasteiger partial charge < -0.3 is 4.74 Å². The van der Waals surface area contributed by atoms with Crippen molar-refractivity contribution in [2.75, 3.05) is 12.4 Å². The van der Waals surface area contributed by atoms with Gasteiger partial charge in [-0.05, 0) is 12.2 Å². The van der Waals surface area contributed by atoms with Gasteiger partial charge in [-0.3, -0.25) is 0 Å². The van der Waals surface area contributed by atoms with Gasteiger partial charge in [0.1, 0.15) is 6.61 Å². The minimum Gasteiger partial charge on any atom is -0.427 e. The van der Waals surface area contributed by atoms with Crippen LogP contribution in [-0.4, -0.2) is 12.4 Å². The van der Waals surface area contributed by atoms with Gasteiger partial charge >= 0.3 is 0 Å². The molecule has 0 aliphatic heterocycles. The Hall–Kier alpha value is -0.360. The van der Waals surface area contributed by atoms with E-state index in [2.05, 4.69) is 17.4 Å². The van der Waals surface area contributed by atoms with E-state index < -0.39 is 0 Å². The molecule has 40 valence electrons. The second kappa shape index (κ2) is 5.64. The minimum absolute atomic E-state index is 0.500. The fourth-order valence-electron chi connectivity index (χ4n) is 0.182. The number of rotatable bonds is 3. The number of hydrogen-bond acceptors (Lipinski definition) is 3. The van der Waals surface area contributed by atoms with Crippen molar-refractivity contribution in [1.29, 1.82) is 5.26 Å². The van der Waals surface area contributed by atoms with Crippen molar-refractivity contribution in [2.45, 2.75) is 6.42 Å². The minimum atomic E-state index is 0.500. The van der Waals surface area contributed by atoms with Crippen LogP contribution in [0.25, 0.3) is 0 Å². The van der Waals surface area contributed by atoms with Gasteiger partial charge in [-0.15, -0.1) is 0 Å². The lowest BCUT2D eigenvalue weighted by Crippen LogP contribution is -1.86. The van der Waals surface area contributed by atoms with Gasteiger partial charge in [0.15, 0.2) is 0 Å². The van der Waals surface area contributed by atoms with E-state index in [9.17, 15) is 0 Å². The van der Waals surface area contributed by atoms with E-state index in [4.69, 9.17) is 5.26 Å². The van der Waals surface area contributed by atoms with Crippen molar-refractivity contribution in [1.82, 2.24) is 0 Å². The van der Waals surface area contributed by atoms with Crippen LogP contribution in [0.5, 0.6) is 0 Å². The number of nitriles is 1. The molecule has 7 heavy (non-hydrogen) atoms. The summed E-state index contributed by atoms with van der Waals surface area (Å²) in [4.78, 5) is 0. The molecular formula is C4H7NOS. The van der Waals surface area contributed by atoms with E-state index in [0.29, 0.717) is 6.61 Å². The Balaban J connectivity index is 2.60. The SMILES string of the molecule is N#COCCCS. The Morgan fingerprint density at radius 3 is 2.86 bits per heavy atom. The highest BCUT2D eigenvalue weighted by Gasteiger charge is 1.79. The Bertz CT molecular complexity index is 68.6. The van der Waals surface area contributed by atoms with Crippen LogP contribution in [-0.2, 0) is 4.74 Å². The van der Waals surface area contributed by atoms with Crippen molar-refractivity contribution in [3.8, 4) is 6.26 Å². The van der Waals surface area contributed by atoms with Gasteiger partial charge in [0.05, 0.1) is 0 Å². The lowest BCUT2D eigenvalue weighted by atomic mass is 10.5. The van der Waals surface area contributed by atoms with E-state index >= 15 is 0 Å². The first-order chi connectivity index (χ1) is 3.41. The van der Waals surface area contributed by atoms with E-state index in [-0.39, 0.29) is 0 Å². The molecule has 0 bridgehead atoms. The van der Waals surface area contributed by atoms with E-state index in [1.807, 2.05) is 0 Å². The number of ether oxygens (including phenoxy) is 1. The van der Waals surface area contributed by atoms with Crippen LogP contribution in [0.2, 0.25) is 0 Å². The largest absolute Gasteiger partial charge is 0.427 e. The topological polar surface area (TPSA) is 33.0 Å². The van der Waals surface area contributed by atoms with Gasteiger partial charge in [-0.25, -0.2) is 0 Å². The molecule has 0 atom stereocenters. The van der Waals surface area contributed by atoms with Crippen LogP contribution in [0.15, 0.2) is 0 Å². The molecule has 0 heterocycles. The summed E-state index contributed by atoms with van der Waals surface area (Å²) in [6.45, 7) is 0.500. The molecule has 0 aromatic rings. The monoisotopic (exact) mass is 117 g/mol. The number of thiol groups is 1. The molecule has 0 amide bonds. The highest BCUT2D eigenvalue weighted by Crippen LogP contribution is 1.82. The number of hydrogen-bond donors (Lipinski definition) is 1. The molecule has 0 unspecified atom stereocenters. The van der Waals surface area contributed by atoms with Crippen LogP contribution in [0.1, 0.15) is 6.42 Å². The highest BCUT2D eigenvalue weighted by atomic mass is 32.1. The molecule has 0 fully saturated rings. The zero-order chi connectivity index (χ0) is 5.54. The van der Waals surface area contributed by atoms with Crippen molar-refractivity contribution in [3.63, 3.8) is 0 Å². The molecule has 0 spiro atoms. The van der Waals surface area contributed by atoms with Gasteiger partial charge in [0.25, 0.3) is 6.26 Å². The average molecular weight is 117 g/mol. The zero-order valence-electron chi connectivity index (χ0n) is 3.92. The van der Waals surface area contributed by atoms with Crippen molar-refractivity contribution >= 4 is 12.6 Å². The second-order valence-corrected chi connectivity index (χ2v) is 1.46. The molecule has 0 aliphatic rings. The summed E-state index contributed by atoms with van der Waals surface area (Å²) < 4.78 is 4.33. The predicted molar refractivity (Wildman–Crippen MR) is 30.0 cm³/mol. The molecule has 2 nitrogen and oxygen atoms in total. The zero-order valence-corrected chi connectivity index (χ0v) is 4.82. The smallest absolute Gasteiger partial charge is 0.286 e. The lowest BCUT2D eigenvalue weighted by Gasteiger charge is -1.88. The Morgan fingerprint density at radius 1 is 1.71 bits per heavy atom. The quantitative estimate of drug-likeness (QED) is 0.337. The summed E-state index contributed by atoms with van der Waals surface area (Å²) >= 11 is 3.90. The molecular weight excluding hydrogens is 110 g/mol. The first kappa shape index (κ1) is 6.64. The Kier molecular flexibility index (Phi) is 5.35. The van der Waals surface area contributed by atoms with Crippen LogP contribution < -0.4 is 0 Å². The molecule has 0 saturated heterocycles. The van der Waals surface area contributed by atoms with Crippen molar-refractivity contribution < 1.29 is 4.74 Å². The highest BCUT2D eigenvalue weighted by molar-refractivity contribution is 7.80. The summed E-state index contributed by atoms with van der Waals surface area (Å²) in [5, 5.41) is 7.80. The third kappa shape index (κ3) is 5.64. The summed E-state index contributed by atoms with van der Waals surface area (Å²) in [6, 6.07) is 0. The van der Waals surface area contributed by atoms with E-state index in [1.165, 1.54) is 0 Å². The fraction of sp³-hybridized carbons (Fsp3) is 0.750. The predicted octanol–water partition coefficient (Wildman–Crippen LogP) is 0.804. The van der Waals surface area contributed by atoms with Crippen molar-refractivity contribution in [2.24, 2.45) is 0 Å².